The second-order valence-electron chi connectivity index (χ2n) is 4.98. The highest BCUT2D eigenvalue weighted by atomic mass is 16.5. The van der Waals surface area contributed by atoms with E-state index in [1.165, 1.54) is 44.6 Å². The number of carbonyl (C=O) groups is 1. The molecule has 0 spiro atoms. The summed E-state index contributed by atoms with van der Waals surface area (Å²) in [4.78, 5) is 13.3. The SMILES string of the molecule is C=CC(=O)OCCN(CCC)CCCCCCCC. The highest BCUT2D eigenvalue weighted by Gasteiger charge is 2.04. The van der Waals surface area contributed by atoms with Gasteiger partial charge in [-0.2, -0.15) is 0 Å². The van der Waals surface area contributed by atoms with Gasteiger partial charge >= 0.3 is 5.97 Å². The van der Waals surface area contributed by atoms with Crippen LogP contribution >= 0.6 is 0 Å². The highest BCUT2D eigenvalue weighted by Crippen LogP contribution is 2.06. The normalized spacial score (nSPS) is 10.7. The van der Waals surface area contributed by atoms with Gasteiger partial charge in [0.25, 0.3) is 0 Å². The quantitative estimate of drug-likeness (QED) is 0.289. The van der Waals surface area contributed by atoms with Crippen molar-refractivity contribution in [2.45, 2.75) is 58.8 Å². The molecule has 0 aliphatic heterocycles. The minimum atomic E-state index is -0.323. The summed E-state index contributed by atoms with van der Waals surface area (Å²) in [7, 11) is 0. The average Bonchev–Trinajstić information content (AvgIpc) is 2.42. The molecule has 0 heterocycles. The Morgan fingerprint density at radius 2 is 1.68 bits per heavy atom. The maximum atomic E-state index is 11.0. The summed E-state index contributed by atoms with van der Waals surface area (Å²) in [6.07, 6.45) is 10.3. The van der Waals surface area contributed by atoms with Crippen LogP contribution in [0.25, 0.3) is 0 Å². The van der Waals surface area contributed by atoms with Crippen LogP contribution in [0, 0.1) is 0 Å². The molecule has 19 heavy (non-hydrogen) atoms. The molecule has 0 N–H and O–H groups in total. The van der Waals surface area contributed by atoms with Gasteiger partial charge in [0.15, 0.2) is 0 Å². The third-order valence-electron chi connectivity index (χ3n) is 3.19. The molecule has 0 atom stereocenters. The number of unbranched alkanes of at least 4 members (excludes halogenated alkanes) is 5. The predicted octanol–water partition coefficient (Wildman–Crippen LogP) is 3.79. The Labute approximate surface area is 119 Å². The first-order valence-electron chi connectivity index (χ1n) is 7.76. The van der Waals surface area contributed by atoms with E-state index in [0.29, 0.717) is 6.61 Å². The lowest BCUT2D eigenvalue weighted by Gasteiger charge is -2.21. The minimum absolute atomic E-state index is 0.323. The molecular formula is C16H31NO2. The molecule has 0 rings (SSSR count). The van der Waals surface area contributed by atoms with Crippen LogP contribution in [0.15, 0.2) is 12.7 Å². The predicted molar refractivity (Wildman–Crippen MR) is 81.3 cm³/mol. The molecule has 0 saturated carbocycles. The minimum Gasteiger partial charge on any atom is -0.461 e. The number of esters is 1. The Balaban J connectivity index is 3.61. The van der Waals surface area contributed by atoms with Gasteiger partial charge in [0.1, 0.15) is 6.61 Å². The van der Waals surface area contributed by atoms with Crippen LogP contribution in [0.2, 0.25) is 0 Å². The third-order valence-corrected chi connectivity index (χ3v) is 3.19. The molecule has 0 unspecified atom stereocenters. The van der Waals surface area contributed by atoms with Crippen LogP contribution in [-0.4, -0.2) is 37.1 Å². The second kappa shape index (κ2) is 13.6. The number of rotatable bonds is 13. The van der Waals surface area contributed by atoms with Crippen molar-refractivity contribution in [1.29, 1.82) is 0 Å². The van der Waals surface area contributed by atoms with E-state index in [2.05, 4.69) is 25.3 Å². The molecule has 0 radical (unpaired) electrons. The van der Waals surface area contributed by atoms with E-state index < -0.39 is 0 Å². The molecule has 0 aromatic carbocycles. The second-order valence-corrected chi connectivity index (χ2v) is 4.98. The summed E-state index contributed by atoms with van der Waals surface area (Å²) >= 11 is 0. The van der Waals surface area contributed by atoms with Gasteiger partial charge in [-0.25, -0.2) is 4.79 Å². The van der Waals surface area contributed by atoms with Crippen LogP contribution in [0.3, 0.4) is 0 Å². The molecular weight excluding hydrogens is 238 g/mol. The van der Waals surface area contributed by atoms with Gasteiger partial charge in [0.05, 0.1) is 0 Å². The van der Waals surface area contributed by atoms with Crippen molar-refractivity contribution in [3.05, 3.63) is 12.7 Å². The van der Waals surface area contributed by atoms with Crippen LogP contribution in [0.4, 0.5) is 0 Å². The molecule has 0 amide bonds. The Kier molecular flexibility index (Phi) is 13.0. The fraction of sp³-hybridized carbons (Fsp3) is 0.812. The van der Waals surface area contributed by atoms with Crippen LogP contribution in [0.5, 0.6) is 0 Å². The lowest BCUT2D eigenvalue weighted by Crippen LogP contribution is -2.30. The highest BCUT2D eigenvalue weighted by molar-refractivity contribution is 5.81. The third kappa shape index (κ3) is 12.0. The van der Waals surface area contributed by atoms with Gasteiger partial charge in [0.2, 0.25) is 0 Å². The van der Waals surface area contributed by atoms with Crippen molar-refractivity contribution in [2.24, 2.45) is 0 Å². The van der Waals surface area contributed by atoms with Crippen LogP contribution in [-0.2, 0) is 9.53 Å². The summed E-state index contributed by atoms with van der Waals surface area (Å²) in [5.74, 6) is -0.323. The van der Waals surface area contributed by atoms with E-state index in [-0.39, 0.29) is 5.97 Å². The van der Waals surface area contributed by atoms with E-state index in [1.807, 2.05) is 0 Å². The van der Waals surface area contributed by atoms with E-state index in [4.69, 9.17) is 4.74 Å². The molecule has 3 nitrogen and oxygen atoms in total. The van der Waals surface area contributed by atoms with Crippen molar-refractivity contribution < 1.29 is 9.53 Å². The molecule has 0 aromatic rings. The Bertz CT molecular complexity index is 229. The molecule has 0 aromatic heterocycles. The van der Waals surface area contributed by atoms with Crippen molar-refractivity contribution in [3.8, 4) is 0 Å². The van der Waals surface area contributed by atoms with Crippen molar-refractivity contribution in [2.75, 3.05) is 26.2 Å². The number of hydrogen-bond donors (Lipinski definition) is 0. The van der Waals surface area contributed by atoms with Crippen molar-refractivity contribution >= 4 is 5.97 Å². The number of hydrogen-bond acceptors (Lipinski definition) is 3. The summed E-state index contributed by atoms with van der Waals surface area (Å²) in [5, 5.41) is 0. The van der Waals surface area contributed by atoms with E-state index >= 15 is 0 Å². The van der Waals surface area contributed by atoms with Gasteiger partial charge in [-0.3, -0.25) is 4.90 Å². The first kappa shape index (κ1) is 18.2. The number of nitrogens with zero attached hydrogens (tertiary/aromatic N) is 1. The van der Waals surface area contributed by atoms with Gasteiger partial charge < -0.3 is 4.74 Å². The van der Waals surface area contributed by atoms with E-state index in [0.717, 1.165) is 26.1 Å². The first-order chi connectivity index (χ1) is 9.24. The number of ether oxygens (including phenoxy) is 1. The monoisotopic (exact) mass is 269 g/mol. The van der Waals surface area contributed by atoms with Gasteiger partial charge in [-0.05, 0) is 25.9 Å². The largest absolute Gasteiger partial charge is 0.461 e. The summed E-state index contributed by atoms with van der Waals surface area (Å²) < 4.78 is 5.03. The average molecular weight is 269 g/mol. The lowest BCUT2D eigenvalue weighted by atomic mass is 10.1. The van der Waals surface area contributed by atoms with Gasteiger partial charge in [-0.1, -0.05) is 52.5 Å². The Morgan fingerprint density at radius 3 is 2.32 bits per heavy atom. The molecule has 0 fully saturated rings. The molecule has 3 heteroatoms. The summed E-state index contributed by atoms with van der Waals surface area (Å²) in [6, 6.07) is 0. The van der Waals surface area contributed by atoms with Crippen LogP contribution < -0.4 is 0 Å². The zero-order chi connectivity index (χ0) is 14.3. The summed E-state index contributed by atoms with van der Waals surface area (Å²) in [5.41, 5.74) is 0. The zero-order valence-corrected chi connectivity index (χ0v) is 12.8. The molecule has 0 saturated heterocycles. The standard InChI is InChI=1S/C16H31NO2/c1-4-7-8-9-10-11-13-17(12-5-2)14-15-19-16(18)6-3/h6H,3-5,7-15H2,1-2H3. The molecule has 0 aliphatic rings. The topological polar surface area (TPSA) is 29.5 Å². The lowest BCUT2D eigenvalue weighted by molar-refractivity contribution is -0.138. The fourth-order valence-corrected chi connectivity index (χ4v) is 2.10. The van der Waals surface area contributed by atoms with Crippen LogP contribution in [0.1, 0.15) is 58.8 Å². The smallest absolute Gasteiger partial charge is 0.330 e. The molecule has 112 valence electrons. The number of carbonyl (C=O) groups excluding carboxylic acids is 1. The first-order valence-corrected chi connectivity index (χ1v) is 7.76. The van der Waals surface area contributed by atoms with Crippen molar-refractivity contribution in [3.63, 3.8) is 0 Å². The molecule has 0 aliphatic carbocycles. The maximum Gasteiger partial charge on any atom is 0.330 e. The van der Waals surface area contributed by atoms with Crippen molar-refractivity contribution in [1.82, 2.24) is 4.90 Å². The van der Waals surface area contributed by atoms with E-state index in [1.54, 1.807) is 0 Å². The fourth-order valence-electron chi connectivity index (χ4n) is 2.10. The van der Waals surface area contributed by atoms with Gasteiger partial charge in [-0.15, -0.1) is 0 Å². The maximum absolute atomic E-state index is 11.0. The molecule has 0 bridgehead atoms. The van der Waals surface area contributed by atoms with E-state index in [9.17, 15) is 4.79 Å². The Hall–Kier alpha value is -0.830. The Morgan fingerprint density at radius 1 is 1.00 bits per heavy atom. The zero-order valence-electron chi connectivity index (χ0n) is 12.8. The van der Waals surface area contributed by atoms with Gasteiger partial charge in [0, 0.05) is 12.6 Å². The summed E-state index contributed by atoms with van der Waals surface area (Å²) in [6.45, 7) is 11.3.